The van der Waals surface area contributed by atoms with Gasteiger partial charge < -0.3 is 20.3 Å². The first kappa shape index (κ1) is 21.0. The minimum absolute atomic E-state index is 0. The van der Waals surface area contributed by atoms with Gasteiger partial charge in [0.1, 0.15) is 11.9 Å². The number of nitrogens with zero attached hydrogens (tertiary/aromatic N) is 2. The van der Waals surface area contributed by atoms with E-state index >= 15 is 0 Å². The highest BCUT2D eigenvalue weighted by Gasteiger charge is 2.22. The molecule has 2 N–H and O–H groups in total. The van der Waals surface area contributed by atoms with Crippen LogP contribution in [0.5, 0.6) is 5.75 Å². The number of halogens is 1. The van der Waals surface area contributed by atoms with E-state index in [0.29, 0.717) is 0 Å². The Morgan fingerprint density at radius 2 is 2.00 bits per heavy atom. The molecule has 0 radical (unpaired) electrons. The van der Waals surface area contributed by atoms with Gasteiger partial charge in [0.25, 0.3) is 0 Å². The van der Waals surface area contributed by atoms with Crippen LogP contribution in [0, 0.1) is 0 Å². The van der Waals surface area contributed by atoms with E-state index in [1.54, 1.807) is 0 Å². The normalized spacial score (nSPS) is 16.3. The molecule has 1 atom stereocenters. The zero-order chi connectivity index (χ0) is 16.5. The Hall–Kier alpha value is -1.02. The summed E-state index contributed by atoms with van der Waals surface area (Å²) in [6.07, 6.45) is 2.26. The van der Waals surface area contributed by atoms with Crippen molar-refractivity contribution in [3.8, 4) is 5.75 Å². The van der Waals surface area contributed by atoms with Gasteiger partial charge in [-0.3, -0.25) is 4.99 Å². The fourth-order valence-corrected chi connectivity index (χ4v) is 2.85. The Balaban J connectivity index is 0.00000288. The molecule has 1 aromatic rings. The van der Waals surface area contributed by atoms with Crippen LogP contribution in [-0.4, -0.2) is 56.7 Å². The van der Waals surface area contributed by atoms with Gasteiger partial charge in [-0.05, 0) is 37.7 Å². The fraction of sp³-hybridized carbons (Fsp3) is 0.611. The molecule has 136 valence electrons. The number of rotatable bonds is 8. The highest BCUT2D eigenvalue weighted by molar-refractivity contribution is 14.0. The zero-order valence-electron chi connectivity index (χ0n) is 15.0. The van der Waals surface area contributed by atoms with Crippen LogP contribution in [0.4, 0.5) is 0 Å². The van der Waals surface area contributed by atoms with Crippen LogP contribution in [-0.2, 0) is 6.42 Å². The van der Waals surface area contributed by atoms with E-state index in [4.69, 9.17) is 4.74 Å². The van der Waals surface area contributed by atoms with E-state index in [1.807, 2.05) is 19.2 Å². The number of benzene rings is 1. The molecule has 2 rings (SSSR count). The van der Waals surface area contributed by atoms with Crippen molar-refractivity contribution >= 4 is 29.9 Å². The van der Waals surface area contributed by atoms with E-state index < -0.39 is 0 Å². The standard InChI is InChI=1S/C18H30N4O.HI/c1-4-22(5-2)12-8-11-20-18(19-3)21-14-16-13-15-9-6-7-10-17(15)23-16;/h6-7,9-10,16H,4-5,8,11-14H2,1-3H3,(H2,19,20,21);1H. The van der Waals surface area contributed by atoms with Crippen molar-refractivity contribution in [1.29, 1.82) is 0 Å². The SMILES string of the molecule is CCN(CC)CCCNC(=NC)NCC1Cc2ccccc2O1.I. The third kappa shape index (κ3) is 6.47. The second-order valence-electron chi connectivity index (χ2n) is 5.81. The van der Waals surface area contributed by atoms with Gasteiger partial charge in [0, 0.05) is 20.0 Å². The Morgan fingerprint density at radius 1 is 1.25 bits per heavy atom. The molecule has 1 aromatic carbocycles. The lowest BCUT2D eigenvalue weighted by atomic mass is 10.1. The maximum absolute atomic E-state index is 5.94. The number of ether oxygens (including phenoxy) is 1. The summed E-state index contributed by atoms with van der Waals surface area (Å²) in [5, 5.41) is 6.74. The number of hydrogen-bond donors (Lipinski definition) is 2. The summed E-state index contributed by atoms with van der Waals surface area (Å²) in [4.78, 5) is 6.71. The molecule has 0 saturated heterocycles. The molecule has 0 saturated carbocycles. The highest BCUT2D eigenvalue weighted by Crippen LogP contribution is 2.27. The predicted molar refractivity (Wildman–Crippen MR) is 112 cm³/mol. The number of hydrogen-bond acceptors (Lipinski definition) is 3. The van der Waals surface area contributed by atoms with Crippen LogP contribution in [0.3, 0.4) is 0 Å². The maximum atomic E-state index is 5.94. The Labute approximate surface area is 163 Å². The smallest absolute Gasteiger partial charge is 0.191 e. The van der Waals surface area contributed by atoms with Crippen LogP contribution in [0.25, 0.3) is 0 Å². The summed E-state index contributed by atoms with van der Waals surface area (Å²) in [5.41, 5.74) is 1.29. The summed E-state index contributed by atoms with van der Waals surface area (Å²) in [5.74, 6) is 1.87. The number of para-hydroxylation sites is 1. The lowest BCUT2D eigenvalue weighted by molar-refractivity contribution is 0.235. The molecule has 1 unspecified atom stereocenters. The quantitative estimate of drug-likeness (QED) is 0.279. The highest BCUT2D eigenvalue weighted by atomic mass is 127. The monoisotopic (exact) mass is 446 g/mol. The summed E-state index contributed by atoms with van der Waals surface area (Å²) in [7, 11) is 1.81. The number of aliphatic imine (C=N–C) groups is 1. The third-order valence-corrected chi connectivity index (χ3v) is 4.27. The van der Waals surface area contributed by atoms with Gasteiger partial charge in [-0.2, -0.15) is 0 Å². The van der Waals surface area contributed by atoms with Crippen molar-refractivity contribution in [3.63, 3.8) is 0 Å². The Kier molecular flexibility index (Phi) is 10.1. The van der Waals surface area contributed by atoms with Gasteiger partial charge in [-0.15, -0.1) is 24.0 Å². The second-order valence-corrected chi connectivity index (χ2v) is 5.81. The van der Waals surface area contributed by atoms with Crippen molar-refractivity contribution in [1.82, 2.24) is 15.5 Å². The lowest BCUT2D eigenvalue weighted by Gasteiger charge is -2.19. The number of nitrogens with one attached hydrogen (secondary N) is 2. The molecule has 24 heavy (non-hydrogen) atoms. The number of guanidine groups is 1. The molecule has 5 nitrogen and oxygen atoms in total. The third-order valence-electron chi connectivity index (χ3n) is 4.27. The summed E-state index contributed by atoms with van der Waals surface area (Å²) < 4.78 is 5.94. The summed E-state index contributed by atoms with van der Waals surface area (Å²) >= 11 is 0. The van der Waals surface area contributed by atoms with Crippen molar-refractivity contribution in [2.75, 3.05) is 39.8 Å². The largest absolute Gasteiger partial charge is 0.488 e. The molecule has 0 spiro atoms. The van der Waals surface area contributed by atoms with Gasteiger partial charge >= 0.3 is 0 Å². The Bertz CT molecular complexity index is 481. The lowest BCUT2D eigenvalue weighted by Crippen LogP contribution is -2.43. The fourth-order valence-electron chi connectivity index (χ4n) is 2.85. The zero-order valence-corrected chi connectivity index (χ0v) is 17.4. The molecule has 1 aliphatic rings. The predicted octanol–water partition coefficient (Wildman–Crippen LogP) is 2.51. The van der Waals surface area contributed by atoms with Gasteiger partial charge in [0.15, 0.2) is 5.96 Å². The summed E-state index contributed by atoms with van der Waals surface area (Å²) in [6, 6.07) is 8.25. The molecule has 6 heteroatoms. The topological polar surface area (TPSA) is 48.9 Å². The van der Waals surface area contributed by atoms with E-state index in [9.17, 15) is 0 Å². The van der Waals surface area contributed by atoms with Crippen molar-refractivity contribution < 1.29 is 4.74 Å². The molecule has 0 bridgehead atoms. The second kappa shape index (κ2) is 11.5. The molecule has 1 aliphatic heterocycles. The van der Waals surface area contributed by atoms with Crippen molar-refractivity contribution in [3.05, 3.63) is 29.8 Å². The van der Waals surface area contributed by atoms with Gasteiger partial charge in [-0.25, -0.2) is 0 Å². The van der Waals surface area contributed by atoms with Gasteiger partial charge in [-0.1, -0.05) is 32.0 Å². The molecular weight excluding hydrogens is 415 g/mol. The maximum Gasteiger partial charge on any atom is 0.191 e. The minimum atomic E-state index is 0. The van der Waals surface area contributed by atoms with Crippen LogP contribution in [0.2, 0.25) is 0 Å². The average molecular weight is 446 g/mol. The van der Waals surface area contributed by atoms with Crippen LogP contribution in [0.1, 0.15) is 25.8 Å². The van der Waals surface area contributed by atoms with Crippen LogP contribution >= 0.6 is 24.0 Å². The average Bonchev–Trinajstić information content (AvgIpc) is 3.00. The Morgan fingerprint density at radius 3 is 2.67 bits per heavy atom. The molecule has 0 fully saturated rings. The molecule has 0 aromatic heterocycles. The van der Waals surface area contributed by atoms with Crippen LogP contribution < -0.4 is 15.4 Å². The van der Waals surface area contributed by atoms with E-state index in [1.165, 1.54) is 5.56 Å². The van der Waals surface area contributed by atoms with Crippen molar-refractivity contribution in [2.45, 2.75) is 32.8 Å². The first-order chi connectivity index (χ1) is 11.3. The summed E-state index contributed by atoms with van der Waals surface area (Å²) in [6.45, 7) is 9.46. The van der Waals surface area contributed by atoms with Crippen molar-refractivity contribution in [2.24, 2.45) is 4.99 Å². The van der Waals surface area contributed by atoms with E-state index in [0.717, 1.165) is 57.3 Å². The van der Waals surface area contributed by atoms with Crippen LogP contribution in [0.15, 0.2) is 29.3 Å². The molecule has 0 amide bonds. The van der Waals surface area contributed by atoms with E-state index in [2.05, 4.69) is 46.5 Å². The molecular formula is C18H31IN4O. The first-order valence-electron chi connectivity index (χ1n) is 8.68. The van der Waals surface area contributed by atoms with E-state index in [-0.39, 0.29) is 30.1 Å². The number of fused-ring (bicyclic) bond motifs is 1. The van der Waals surface area contributed by atoms with Gasteiger partial charge in [0.05, 0.1) is 6.54 Å². The first-order valence-corrected chi connectivity index (χ1v) is 8.68. The van der Waals surface area contributed by atoms with Gasteiger partial charge in [0.2, 0.25) is 0 Å². The minimum Gasteiger partial charge on any atom is -0.488 e. The molecule has 1 heterocycles. The molecule has 0 aliphatic carbocycles.